The van der Waals surface area contributed by atoms with Crippen LogP contribution in [0.25, 0.3) is 0 Å². The highest BCUT2D eigenvalue weighted by molar-refractivity contribution is 7.07. The monoisotopic (exact) mass is 306 g/mol. The van der Waals surface area contributed by atoms with Gasteiger partial charge in [-0.1, -0.05) is 0 Å². The average Bonchev–Trinajstić information content (AvgIpc) is 3.20. The molecule has 21 heavy (non-hydrogen) atoms. The fourth-order valence-corrected chi connectivity index (χ4v) is 3.44. The number of thiophene rings is 1. The topological polar surface area (TPSA) is 43.2 Å². The van der Waals surface area contributed by atoms with Crippen LogP contribution >= 0.6 is 11.3 Å². The molecule has 0 aromatic carbocycles. The predicted molar refractivity (Wildman–Crippen MR) is 83.1 cm³/mol. The third-order valence-corrected chi connectivity index (χ3v) is 4.56. The van der Waals surface area contributed by atoms with E-state index in [2.05, 4.69) is 38.7 Å². The van der Waals surface area contributed by atoms with Crippen LogP contribution in [0.5, 0.6) is 0 Å². The Kier molecular flexibility index (Phi) is 5.00. The Hall–Kier alpha value is -1.24. The quantitative estimate of drug-likeness (QED) is 0.788. The highest BCUT2D eigenvalue weighted by atomic mass is 32.1. The Balaban J connectivity index is 1.68. The minimum atomic E-state index is 0.363. The maximum Gasteiger partial charge on any atom is 0.141 e. The van der Waals surface area contributed by atoms with Gasteiger partial charge >= 0.3 is 0 Å². The highest BCUT2D eigenvalue weighted by Gasteiger charge is 2.21. The molecule has 1 aliphatic rings. The number of nitrogens with zero attached hydrogens (tertiary/aromatic N) is 4. The first-order valence-electron chi connectivity index (χ1n) is 7.57. The Bertz CT molecular complexity index is 534. The zero-order valence-electron chi connectivity index (χ0n) is 12.4. The maximum absolute atomic E-state index is 5.80. The van der Waals surface area contributed by atoms with Crippen molar-refractivity contribution in [2.75, 3.05) is 13.2 Å². The molecule has 1 saturated heterocycles. The number of hydrogen-bond donors (Lipinski definition) is 0. The van der Waals surface area contributed by atoms with Gasteiger partial charge in [0.05, 0.1) is 12.6 Å². The summed E-state index contributed by atoms with van der Waals surface area (Å²) in [6.07, 6.45) is 4.36. The van der Waals surface area contributed by atoms with E-state index in [1.165, 1.54) is 18.4 Å². The molecule has 5 nitrogen and oxygen atoms in total. The zero-order valence-corrected chi connectivity index (χ0v) is 13.3. The summed E-state index contributed by atoms with van der Waals surface area (Å²) in [5, 5.41) is 8.61. The van der Waals surface area contributed by atoms with E-state index in [1.54, 1.807) is 17.7 Å². The van der Waals surface area contributed by atoms with Gasteiger partial charge in [0, 0.05) is 26.2 Å². The van der Waals surface area contributed by atoms with Gasteiger partial charge in [0.25, 0.3) is 0 Å². The van der Waals surface area contributed by atoms with Crippen molar-refractivity contribution in [3.05, 3.63) is 34.5 Å². The van der Waals surface area contributed by atoms with Crippen LogP contribution in [0.4, 0.5) is 0 Å². The van der Waals surface area contributed by atoms with E-state index < -0.39 is 0 Å². The summed E-state index contributed by atoms with van der Waals surface area (Å²) in [6, 6.07) is 2.19. The van der Waals surface area contributed by atoms with Crippen molar-refractivity contribution >= 4 is 11.3 Å². The van der Waals surface area contributed by atoms with E-state index in [4.69, 9.17) is 4.74 Å². The van der Waals surface area contributed by atoms with Gasteiger partial charge in [-0.25, -0.2) is 9.67 Å². The minimum Gasteiger partial charge on any atom is -0.377 e. The molecule has 0 aliphatic carbocycles. The summed E-state index contributed by atoms with van der Waals surface area (Å²) in [7, 11) is 0. The van der Waals surface area contributed by atoms with Crippen LogP contribution in [0.1, 0.15) is 31.2 Å². The van der Waals surface area contributed by atoms with Crippen LogP contribution in [0, 0.1) is 0 Å². The molecule has 2 aromatic heterocycles. The molecule has 6 heteroatoms. The highest BCUT2D eigenvalue weighted by Crippen LogP contribution is 2.17. The number of rotatable bonds is 7. The van der Waals surface area contributed by atoms with Crippen molar-refractivity contribution in [3.8, 4) is 0 Å². The molecule has 1 fully saturated rings. The number of ether oxygens (including phenoxy) is 1. The average molecular weight is 306 g/mol. The third kappa shape index (κ3) is 3.90. The Labute approximate surface area is 129 Å². The Morgan fingerprint density at radius 1 is 1.48 bits per heavy atom. The van der Waals surface area contributed by atoms with E-state index in [-0.39, 0.29) is 0 Å². The summed E-state index contributed by atoms with van der Waals surface area (Å²) >= 11 is 1.75. The fraction of sp³-hybridized carbons (Fsp3) is 0.600. The summed E-state index contributed by atoms with van der Waals surface area (Å²) in [5.41, 5.74) is 1.36. The van der Waals surface area contributed by atoms with Crippen molar-refractivity contribution in [3.63, 3.8) is 0 Å². The van der Waals surface area contributed by atoms with E-state index >= 15 is 0 Å². The molecular formula is C15H22N4OS. The second-order valence-electron chi connectivity index (χ2n) is 5.43. The van der Waals surface area contributed by atoms with Crippen LogP contribution in [0.15, 0.2) is 23.2 Å². The summed E-state index contributed by atoms with van der Waals surface area (Å²) in [4.78, 5) is 6.83. The van der Waals surface area contributed by atoms with Crippen LogP contribution in [-0.2, 0) is 24.4 Å². The van der Waals surface area contributed by atoms with Gasteiger partial charge in [0.15, 0.2) is 0 Å². The number of aryl methyl sites for hydroxylation is 1. The zero-order chi connectivity index (χ0) is 14.5. The van der Waals surface area contributed by atoms with Gasteiger partial charge in [-0.05, 0) is 42.2 Å². The molecule has 1 aliphatic heterocycles. The lowest BCUT2D eigenvalue weighted by atomic mass is 10.2. The maximum atomic E-state index is 5.80. The van der Waals surface area contributed by atoms with Gasteiger partial charge in [0.2, 0.25) is 0 Å². The number of aromatic nitrogens is 3. The second-order valence-corrected chi connectivity index (χ2v) is 6.21. The molecule has 0 saturated carbocycles. The predicted octanol–water partition coefficient (Wildman–Crippen LogP) is 2.54. The first-order chi connectivity index (χ1) is 10.3. The number of hydrogen-bond acceptors (Lipinski definition) is 5. The van der Waals surface area contributed by atoms with Gasteiger partial charge in [-0.3, -0.25) is 4.90 Å². The third-order valence-electron chi connectivity index (χ3n) is 3.83. The summed E-state index contributed by atoms with van der Waals surface area (Å²) in [5.74, 6) is 1.03. The van der Waals surface area contributed by atoms with Gasteiger partial charge in [0.1, 0.15) is 12.2 Å². The first kappa shape index (κ1) is 14.7. The van der Waals surface area contributed by atoms with Crippen LogP contribution in [0.2, 0.25) is 0 Å². The molecule has 1 unspecified atom stereocenters. The van der Waals surface area contributed by atoms with Crippen molar-refractivity contribution < 1.29 is 4.74 Å². The van der Waals surface area contributed by atoms with Crippen LogP contribution < -0.4 is 0 Å². The van der Waals surface area contributed by atoms with E-state index in [1.807, 2.05) is 4.68 Å². The molecule has 3 rings (SSSR count). The SMILES string of the molecule is CCn1ncnc1CN(Cc1ccsc1)CC1CCCO1. The molecule has 0 N–H and O–H groups in total. The molecule has 0 amide bonds. The normalized spacial score (nSPS) is 18.7. The molecule has 0 spiro atoms. The van der Waals surface area contributed by atoms with Crippen LogP contribution in [0.3, 0.4) is 0 Å². The van der Waals surface area contributed by atoms with Gasteiger partial charge in [-0.2, -0.15) is 16.4 Å². The minimum absolute atomic E-state index is 0.363. The smallest absolute Gasteiger partial charge is 0.141 e. The molecule has 0 radical (unpaired) electrons. The molecule has 0 bridgehead atoms. The van der Waals surface area contributed by atoms with Crippen molar-refractivity contribution in [1.82, 2.24) is 19.7 Å². The van der Waals surface area contributed by atoms with Gasteiger partial charge < -0.3 is 4.74 Å². The van der Waals surface area contributed by atoms with E-state index in [0.29, 0.717) is 6.10 Å². The molecular weight excluding hydrogens is 284 g/mol. The summed E-state index contributed by atoms with van der Waals surface area (Å²) in [6.45, 7) is 6.60. The van der Waals surface area contributed by atoms with E-state index in [9.17, 15) is 0 Å². The molecule has 2 aromatic rings. The van der Waals surface area contributed by atoms with Crippen LogP contribution in [-0.4, -0.2) is 38.9 Å². The molecule has 1 atom stereocenters. The van der Waals surface area contributed by atoms with Crippen molar-refractivity contribution in [2.45, 2.75) is 45.5 Å². The largest absolute Gasteiger partial charge is 0.377 e. The Morgan fingerprint density at radius 2 is 2.43 bits per heavy atom. The van der Waals surface area contributed by atoms with Crippen molar-refractivity contribution in [2.24, 2.45) is 0 Å². The second kappa shape index (κ2) is 7.15. The summed E-state index contributed by atoms with van der Waals surface area (Å²) < 4.78 is 7.76. The van der Waals surface area contributed by atoms with Crippen molar-refractivity contribution in [1.29, 1.82) is 0 Å². The standard InChI is InChI=1S/C15H22N4OS/c1-2-19-15(16-12-17-19)10-18(8-13-5-7-21-11-13)9-14-4-3-6-20-14/h5,7,11-12,14H,2-4,6,8-10H2,1H3. The molecule has 114 valence electrons. The lowest BCUT2D eigenvalue weighted by molar-refractivity contribution is 0.0665. The first-order valence-corrected chi connectivity index (χ1v) is 8.51. The lowest BCUT2D eigenvalue weighted by Crippen LogP contribution is -2.32. The fourth-order valence-electron chi connectivity index (χ4n) is 2.78. The van der Waals surface area contributed by atoms with E-state index in [0.717, 1.165) is 38.6 Å². The Morgan fingerprint density at radius 3 is 3.14 bits per heavy atom. The lowest BCUT2D eigenvalue weighted by Gasteiger charge is -2.24. The molecule has 3 heterocycles. The van der Waals surface area contributed by atoms with Gasteiger partial charge in [-0.15, -0.1) is 0 Å².